The summed E-state index contributed by atoms with van der Waals surface area (Å²) in [5.74, 6) is -187. The second-order valence-electron chi connectivity index (χ2n) is 20.1. The van der Waals surface area contributed by atoms with Crippen LogP contribution in [0.1, 0.15) is 68.1 Å². The van der Waals surface area contributed by atoms with Crippen molar-refractivity contribution in [3.8, 4) is 17.2 Å². The Morgan fingerprint density at radius 1 is 0.250 bits per heavy atom. The molecule has 589 valence electrons. The predicted octanol–water partition coefficient (Wildman–Crippen LogP) is 21.4. The molecule has 0 bridgehead atoms. The van der Waals surface area contributed by atoms with Gasteiger partial charge in [0.2, 0.25) is 0 Å². The quantitative estimate of drug-likeness (QED) is 0.0288. The van der Waals surface area contributed by atoms with Gasteiger partial charge in [0.15, 0.2) is 5.75 Å². The molecule has 0 saturated heterocycles. The molecule has 4 nitrogen and oxygen atoms in total. The van der Waals surface area contributed by atoms with E-state index in [1.54, 1.807) is 0 Å². The zero-order valence-electron chi connectivity index (χ0n) is 46.3. The summed E-state index contributed by atoms with van der Waals surface area (Å²) >= 11 is 0. The van der Waals surface area contributed by atoms with Gasteiger partial charge >= 0.3 is 143 Å². The van der Waals surface area contributed by atoms with Crippen molar-refractivity contribution < 1.29 is 276 Å². The molecule has 1 rings (SSSR count). The Balaban J connectivity index is 0.0000980. The molecule has 0 N–H and O–H groups in total. The summed E-state index contributed by atoms with van der Waals surface area (Å²) in [4.78, 5) is 12.2. The van der Waals surface area contributed by atoms with Crippen molar-refractivity contribution in [2.24, 2.45) is 0 Å². The van der Waals surface area contributed by atoms with Gasteiger partial charge in [-0.3, -0.25) is 0 Å². The molecule has 1 radical (unpaired) electrons. The van der Waals surface area contributed by atoms with Crippen LogP contribution in [-0.2, 0) is 32.7 Å². The van der Waals surface area contributed by atoms with Crippen LogP contribution in [0.3, 0.4) is 0 Å². The smallest absolute Gasteiger partial charge is 0.460 e. The summed E-state index contributed by atoms with van der Waals surface area (Å²) in [6.07, 6.45) is -45.9. The maximum Gasteiger partial charge on any atom is 0.460 e. The van der Waals surface area contributed by atoms with Crippen molar-refractivity contribution in [2.45, 2.75) is 201 Å². The Bertz CT molecular complexity index is 2790. The summed E-state index contributed by atoms with van der Waals surface area (Å²) in [7, 11) is 0. The molecular weight excluding hydrogens is 1650 g/mol. The molecule has 0 unspecified atom stereocenters. The first-order valence-electron chi connectivity index (χ1n) is 24.4. The summed E-state index contributed by atoms with van der Waals surface area (Å²) in [6.45, 7) is -2.75. The van der Waals surface area contributed by atoms with Gasteiger partial charge in [-0.1, -0.05) is 12.1 Å². The van der Waals surface area contributed by atoms with E-state index >= 15 is 0 Å². The minimum Gasteiger partial charge on any atom is -0.491 e. The Morgan fingerprint density at radius 2 is 0.410 bits per heavy atom. The largest absolute Gasteiger partial charge is 0.491 e. The molecule has 0 aliphatic heterocycles. The molecule has 0 aromatic heterocycles. The van der Waals surface area contributed by atoms with Crippen LogP contribution in [0.25, 0.3) is 0 Å². The van der Waals surface area contributed by atoms with E-state index < -0.39 is 249 Å². The molecule has 0 amide bonds. The molecule has 100 heavy (non-hydrogen) atoms. The van der Waals surface area contributed by atoms with E-state index in [0.717, 1.165) is 0 Å². The predicted molar refractivity (Wildman–Crippen MR) is 216 cm³/mol. The van der Waals surface area contributed by atoms with E-state index in [-0.39, 0.29) is 44.8 Å². The zero-order valence-corrected chi connectivity index (χ0v) is 49.2. The summed E-state index contributed by atoms with van der Waals surface area (Å²) in [5, 5.41) is 0. The SMILES string of the molecule is [CH2-]C(=O)c1cc(OCCCCC(F)(F)C(F)(F)C(F)(F)C(F)(F)C(F)(F)C(F)(F)C(F)(F)C(F)(F)F)c(OCCCCC(F)(F)C(F)(F)C(F)(F)C(F)(F)C(F)(F)C(F)(F)C(F)(F)C(F)(F)F)c(OCCCCC(F)(F)C(F)(F)C(F)(F)C(F)(F)C(F)(F)C(F)(F)C(F)(F)C(F)(F)F)c1.[Y]. The monoisotopic (exact) mass is 1680 g/mol. The molecule has 1 aromatic carbocycles. The van der Waals surface area contributed by atoms with E-state index in [2.05, 4.69) is 6.92 Å². The van der Waals surface area contributed by atoms with Crippen LogP contribution in [0.2, 0.25) is 0 Å². The number of carbonyl (C=O) groups is 1. The molecule has 0 saturated carbocycles. The standard InChI is InChI=1S/C44H28F51O4.Y/c1-16(96)17-14-18(97-11-5-2-8-21(45,46)24(51,52)27(57,58)30(63,64)33(69,70)36(75,76)39(81,82)42(87,88)89)20(99-13-7-4-10-23(49,50)26(55,56)29(61,62)32(67,68)35(73,74)38(79,80)41(85,86)44(93,94)95)19(15-17)98-12-6-3-9-22(47,48)25(53,54)28(59,60)31(65,66)34(71,72)37(77,78)40(83,84)43(90,91)92;/h14-15H,1-13H2;/q-1;. The number of unbranched alkanes of at least 4 members (excludes halogenated alkanes) is 3. The van der Waals surface area contributed by atoms with Crippen molar-refractivity contribution >= 4 is 5.78 Å². The molecule has 0 aliphatic rings. The second kappa shape index (κ2) is 28.2. The van der Waals surface area contributed by atoms with E-state index in [1.165, 1.54) is 0 Å². The maximum absolute atomic E-state index is 14.6. The van der Waals surface area contributed by atoms with E-state index in [1.807, 2.05) is 0 Å². The molecule has 0 atom stereocenters. The van der Waals surface area contributed by atoms with Gasteiger partial charge in [0.1, 0.15) is 11.5 Å². The minimum absolute atomic E-state index is 0. The minimum atomic E-state index is -9.13. The zero-order chi connectivity index (χ0) is 79.9. The van der Waals surface area contributed by atoms with Crippen LogP contribution in [0.5, 0.6) is 17.2 Å². The van der Waals surface area contributed by atoms with Crippen LogP contribution >= 0.6 is 0 Å². The van der Waals surface area contributed by atoms with Crippen LogP contribution in [0, 0.1) is 6.92 Å². The molecule has 56 heteroatoms. The van der Waals surface area contributed by atoms with Crippen molar-refractivity contribution in [1.29, 1.82) is 0 Å². The number of benzene rings is 1. The number of hydrogen-bond donors (Lipinski definition) is 0. The Kier molecular flexibility index (Phi) is 27.0. The number of rotatable bonds is 37. The number of hydrogen-bond acceptors (Lipinski definition) is 4. The molecule has 0 aliphatic carbocycles. The average molecular weight is 1680 g/mol. The van der Waals surface area contributed by atoms with E-state index in [9.17, 15) is 229 Å². The third-order valence-corrected chi connectivity index (χ3v) is 13.1. The third-order valence-electron chi connectivity index (χ3n) is 13.1. The van der Waals surface area contributed by atoms with E-state index in [0.29, 0.717) is 0 Å². The van der Waals surface area contributed by atoms with Gasteiger partial charge in [-0.25, -0.2) is 0 Å². The maximum atomic E-state index is 14.6. The fourth-order valence-corrected chi connectivity index (χ4v) is 7.04. The number of ether oxygens (including phenoxy) is 3. The average Bonchev–Trinajstić information content (AvgIpc) is 0.707. The third kappa shape index (κ3) is 15.0. The first kappa shape index (κ1) is 95.7. The number of Topliss-reactive ketones (excluding diaryl/α,β-unsaturated/α-hetero) is 1. The molecular formula is C44H28F51O4Y-. The van der Waals surface area contributed by atoms with Crippen LogP contribution in [0.15, 0.2) is 12.1 Å². The fraction of sp³-hybridized carbons (Fsp3) is 0.818. The van der Waals surface area contributed by atoms with E-state index in [4.69, 9.17) is 14.2 Å². The molecule has 1 aromatic rings. The number of halogens is 51. The molecule has 0 heterocycles. The van der Waals surface area contributed by atoms with Crippen molar-refractivity contribution in [2.75, 3.05) is 19.8 Å². The van der Waals surface area contributed by atoms with Crippen LogP contribution < -0.4 is 14.2 Å². The van der Waals surface area contributed by atoms with Gasteiger partial charge in [0.05, 0.1) is 19.8 Å². The molecule has 0 fully saturated rings. The van der Waals surface area contributed by atoms with Gasteiger partial charge < -0.3 is 19.0 Å². The van der Waals surface area contributed by atoms with Crippen molar-refractivity contribution in [3.05, 3.63) is 24.6 Å². The number of carbonyl (C=O) groups excluding carboxylic acids is 1. The number of alkyl halides is 51. The van der Waals surface area contributed by atoms with Gasteiger partial charge in [0.25, 0.3) is 0 Å². The Morgan fingerprint density at radius 3 is 0.580 bits per heavy atom. The van der Waals surface area contributed by atoms with Gasteiger partial charge in [0, 0.05) is 57.8 Å². The second-order valence-corrected chi connectivity index (χ2v) is 20.1. The van der Waals surface area contributed by atoms with Gasteiger partial charge in [-0.05, 0) is 38.5 Å². The van der Waals surface area contributed by atoms with Crippen LogP contribution in [-0.4, -0.2) is 169 Å². The van der Waals surface area contributed by atoms with Gasteiger partial charge in [-0.2, -0.15) is 231 Å². The first-order valence-corrected chi connectivity index (χ1v) is 24.4. The van der Waals surface area contributed by atoms with Crippen LogP contribution in [0.4, 0.5) is 224 Å². The first-order chi connectivity index (χ1) is 42.8. The fourth-order valence-electron chi connectivity index (χ4n) is 7.04. The Hall–Kier alpha value is -4.31. The summed E-state index contributed by atoms with van der Waals surface area (Å²) in [6, 6.07) is 0.0918. The van der Waals surface area contributed by atoms with Crippen molar-refractivity contribution in [1.82, 2.24) is 0 Å². The molecule has 0 spiro atoms. The number of ketones is 1. The normalized spacial score (nSPS) is 15.8. The topological polar surface area (TPSA) is 44.8 Å². The summed E-state index contributed by atoms with van der Waals surface area (Å²) < 4.78 is 713. The van der Waals surface area contributed by atoms with Gasteiger partial charge in [-0.15, -0.1) is 5.56 Å². The summed E-state index contributed by atoms with van der Waals surface area (Å²) in [5.41, 5.74) is -1.23. The van der Waals surface area contributed by atoms with Crippen molar-refractivity contribution in [3.63, 3.8) is 0 Å². The Labute approximate surface area is 543 Å².